The first kappa shape index (κ1) is 33.3. The molecule has 0 aromatic heterocycles. The summed E-state index contributed by atoms with van der Waals surface area (Å²) in [7, 11) is 0. The zero-order valence-corrected chi connectivity index (χ0v) is 21.5. The van der Waals surface area contributed by atoms with Gasteiger partial charge >= 0.3 is 11.9 Å². The number of nitrogens with two attached hydrogens (primary N) is 3. The summed E-state index contributed by atoms with van der Waals surface area (Å²) in [6.07, 6.45) is -2.36. The maximum absolute atomic E-state index is 13.0. The molecule has 5 amide bonds. The van der Waals surface area contributed by atoms with Gasteiger partial charge in [-0.3, -0.25) is 28.8 Å². The molecule has 16 nitrogen and oxygen atoms in total. The average Bonchev–Trinajstić information content (AvgIpc) is 2.86. The van der Waals surface area contributed by atoms with Crippen LogP contribution in [0.5, 0.6) is 5.75 Å². The number of amides is 5. The number of benzene rings is 1. The highest BCUT2D eigenvalue weighted by Crippen LogP contribution is 2.11. The molecule has 12 N–H and O–H groups in total. The number of phenolic OH excluding ortho intramolecular Hbond substituents is 1. The van der Waals surface area contributed by atoms with Crippen molar-refractivity contribution in [3.63, 3.8) is 0 Å². The first-order chi connectivity index (χ1) is 18.7. The van der Waals surface area contributed by atoms with Crippen LogP contribution in [0.25, 0.3) is 0 Å². The Labute approximate surface area is 228 Å². The molecule has 0 spiro atoms. The molecular formula is C24H34N6O10. The van der Waals surface area contributed by atoms with Gasteiger partial charge in [0.2, 0.25) is 29.5 Å². The molecule has 16 heteroatoms. The van der Waals surface area contributed by atoms with Gasteiger partial charge in [-0.2, -0.15) is 0 Å². The molecule has 1 rings (SSSR count). The van der Waals surface area contributed by atoms with Crippen LogP contribution in [0.1, 0.15) is 44.1 Å². The van der Waals surface area contributed by atoms with Crippen LogP contribution >= 0.6 is 0 Å². The van der Waals surface area contributed by atoms with E-state index < -0.39 is 72.1 Å². The fourth-order valence-corrected chi connectivity index (χ4v) is 3.44. The number of rotatable bonds is 18. The van der Waals surface area contributed by atoms with Crippen LogP contribution in [0.15, 0.2) is 24.3 Å². The topological polar surface area (TPSA) is 294 Å². The molecule has 0 saturated heterocycles. The minimum Gasteiger partial charge on any atom is -0.508 e. The number of aromatic hydroxyl groups is 1. The predicted octanol–water partition coefficient (Wildman–Crippen LogP) is -2.80. The minimum absolute atomic E-state index is 0.00431. The molecule has 40 heavy (non-hydrogen) atoms. The van der Waals surface area contributed by atoms with Gasteiger partial charge < -0.3 is 48.5 Å². The number of carboxylic acids is 2. The summed E-state index contributed by atoms with van der Waals surface area (Å²) in [4.78, 5) is 83.5. The Bertz CT molecular complexity index is 1090. The van der Waals surface area contributed by atoms with Crippen molar-refractivity contribution >= 4 is 41.5 Å². The van der Waals surface area contributed by atoms with E-state index >= 15 is 0 Å². The molecule has 220 valence electrons. The highest BCUT2D eigenvalue weighted by Gasteiger charge is 2.31. The fourth-order valence-electron chi connectivity index (χ4n) is 3.44. The Balaban J connectivity index is 3.04. The molecule has 0 aliphatic carbocycles. The standard InChI is InChI=1S/C24H34N6O10/c25-14(11-12-1-3-13(31)4-2-12)21(36)28-16(7-10-20(34)35)22(37)29-15(5-8-18(26)32)23(38)30-17(24(39)40)6-9-19(27)33/h1-4,14-17,31H,5-11,25H2,(H2,26,32)(H2,27,33)(H,28,36)(H,29,37)(H,30,38)(H,34,35)(H,39,40). The zero-order chi connectivity index (χ0) is 30.4. The van der Waals surface area contributed by atoms with Crippen molar-refractivity contribution < 1.29 is 48.9 Å². The highest BCUT2D eigenvalue weighted by molar-refractivity contribution is 5.94. The van der Waals surface area contributed by atoms with E-state index in [1.807, 2.05) is 0 Å². The lowest BCUT2D eigenvalue weighted by Gasteiger charge is -2.25. The second-order valence-electron chi connectivity index (χ2n) is 8.94. The third-order valence-corrected chi connectivity index (χ3v) is 5.61. The normalized spacial score (nSPS) is 13.6. The van der Waals surface area contributed by atoms with Gasteiger partial charge in [-0.15, -0.1) is 0 Å². The molecule has 4 atom stereocenters. The molecule has 0 aliphatic rings. The van der Waals surface area contributed by atoms with Crippen molar-refractivity contribution in [2.45, 2.75) is 69.1 Å². The summed E-state index contributed by atoms with van der Waals surface area (Å²) in [5.74, 6) is -7.23. The van der Waals surface area contributed by atoms with Crippen molar-refractivity contribution in [1.29, 1.82) is 0 Å². The summed E-state index contributed by atoms with van der Waals surface area (Å²) in [5, 5.41) is 34.6. The van der Waals surface area contributed by atoms with Crippen LogP contribution in [0, 0.1) is 0 Å². The molecule has 0 bridgehead atoms. The first-order valence-corrected chi connectivity index (χ1v) is 12.1. The Morgan fingerprint density at radius 3 is 1.55 bits per heavy atom. The monoisotopic (exact) mass is 566 g/mol. The Morgan fingerprint density at radius 1 is 0.675 bits per heavy atom. The van der Waals surface area contributed by atoms with E-state index in [4.69, 9.17) is 22.3 Å². The molecule has 0 saturated carbocycles. The van der Waals surface area contributed by atoms with Crippen LogP contribution in [0.2, 0.25) is 0 Å². The van der Waals surface area contributed by atoms with Crippen molar-refractivity contribution in [2.75, 3.05) is 0 Å². The molecule has 1 aromatic rings. The third kappa shape index (κ3) is 12.7. The van der Waals surface area contributed by atoms with Crippen molar-refractivity contribution in [1.82, 2.24) is 16.0 Å². The highest BCUT2D eigenvalue weighted by atomic mass is 16.4. The third-order valence-electron chi connectivity index (χ3n) is 5.61. The number of carbonyl (C=O) groups excluding carboxylic acids is 5. The molecular weight excluding hydrogens is 532 g/mol. The quantitative estimate of drug-likeness (QED) is 0.0873. The number of hydrogen-bond donors (Lipinski definition) is 9. The van der Waals surface area contributed by atoms with Crippen LogP contribution in [-0.4, -0.2) is 81.0 Å². The van der Waals surface area contributed by atoms with Crippen LogP contribution in [0.4, 0.5) is 0 Å². The summed E-state index contributed by atoms with van der Waals surface area (Å²) < 4.78 is 0. The first-order valence-electron chi connectivity index (χ1n) is 12.1. The largest absolute Gasteiger partial charge is 0.508 e. The molecule has 0 heterocycles. The van der Waals surface area contributed by atoms with Crippen LogP contribution in [0.3, 0.4) is 0 Å². The van der Waals surface area contributed by atoms with E-state index in [2.05, 4.69) is 16.0 Å². The number of phenols is 1. The fraction of sp³-hybridized carbons (Fsp3) is 0.458. The van der Waals surface area contributed by atoms with Crippen LogP contribution in [-0.2, 0) is 40.0 Å². The zero-order valence-electron chi connectivity index (χ0n) is 21.5. The smallest absolute Gasteiger partial charge is 0.326 e. The summed E-state index contributed by atoms with van der Waals surface area (Å²) >= 11 is 0. The van der Waals surface area contributed by atoms with E-state index in [-0.39, 0.29) is 44.3 Å². The van der Waals surface area contributed by atoms with E-state index in [9.17, 15) is 43.8 Å². The summed E-state index contributed by atoms with van der Waals surface area (Å²) in [5.41, 5.74) is 16.7. The Kier molecular flexibility index (Phi) is 13.6. The van der Waals surface area contributed by atoms with E-state index in [0.717, 1.165) is 0 Å². The summed E-state index contributed by atoms with van der Waals surface area (Å²) in [6.45, 7) is 0. The maximum Gasteiger partial charge on any atom is 0.326 e. The lowest BCUT2D eigenvalue weighted by Crippen LogP contribution is -2.57. The van der Waals surface area contributed by atoms with E-state index in [0.29, 0.717) is 5.56 Å². The van der Waals surface area contributed by atoms with Gasteiger partial charge in [0.25, 0.3) is 0 Å². The number of carboxylic acid groups (broad SMARTS) is 2. The number of aliphatic carboxylic acids is 2. The van der Waals surface area contributed by atoms with E-state index in [1.165, 1.54) is 24.3 Å². The van der Waals surface area contributed by atoms with Crippen molar-refractivity contribution in [3.8, 4) is 5.75 Å². The second-order valence-corrected chi connectivity index (χ2v) is 8.94. The minimum atomic E-state index is -1.55. The van der Waals surface area contributed by atoms with Gasteiger partial charge in [-0.1, -0.05) is 12.1 Å². The second kappa shape index (κ2) is 16.3. The van der Waals surface area contributed by atoms with Gasteiger partial charge in [0, 0.05) is 19.3 Å². The predicted molar refractivity (Wildman–Crippen MR) is 137 cm³/mol. The molecule has 0 aliphatic heterocycles. The lowest BCUT2D eigenvalue weighted by molar-refractivity contribution is -0.142. The Morgan fingerprint density at radius 2 is 1.10 bits per heavy atom. The molecule has 0 radical (unpaired) electrons. The summed E-state index contributed by atoms with van der Waals surface area (Å²) in [6, 6.07) is 0.161. The van der Waals surface area contributed by atoms with Crippen molar-refractivity contribution in [2.24, 2.45) is 17.2 Å². The molecule has 1 aromatic carbocycles. The number of carbonyl (C=O) groups is 7. The number of primary amides is 2. The van der Waals surface area contributed by atoms with Gasteiger partial charge in [0.1, 0.15) is 23.9 Å². The maximum atomic E-state index is 13.0. The van der Waals surface area contributed by atoms with Crippen molar-refractivity contribution in [3.05, 3.63) is 29.8 Å². The lowest BCUT2D eigenvalue weighted by atomic mass is 10.0. The number of nitrogens with one attached hydrogen (secondary N) is 3. The van der Waals surface area contributed by atoms with Gasteiger partial charge in [0.15, 0.2) is 0 Å². The Hall–Kier alpha value is -4.73. The average molecular weight is 567 g/mol. The molecule has 4 unspecified atom stereocenters. The van der Waals surface area contributed by atoms with Gasteiger partial charge in [-0.05, 0) is 43.4 Å². The SMILES string of the molecule is NC(=O)CCC(NC(=O)C(CCC(N)=O)NC(=O)C(CCC(=O)O)NC(=O)C(N)Cc1ccc(O)cc1)C(=O)O. The van der Waals surface area contributed by atoms with Gasteiger partial charge in [0.05, 0.1) is 6.04 Å². The number of hydrogen-bond acceptors (Lipinski definition) is 9. The van der Waals surface area contributed by atoms with Crippen LogP contribution < -0.4 is 33.2 Å². The molecule has 0 fully saturated rings. The van der Waals surface area contributed by atoms with E-state index in [1.54, 1.807) is 0 Å². The van der Waals surface area contributed by atoms with Gasteiger partial charge in [-0.25, -0.2) is 4.79 Å².